The number of thioether (sulfide) groups is 1. The number of aryl methyl sites for hydroxylation is 1. The Morgan fingerprint density at radius 2 is 2.00 bits per heavy atom. The standard InChI is InChI=1S/C20H21N5O2S2/c1-4-10-21-19-22-23-20(29-19)28-12-17(26)16-11-13(2)25(14(16)3)24-18(27)15-8-6-5-7-9-15/h4-9,11H,1,10,12H2,2-3H3,(H,21,22)(H,24,27). The minimum atomic E-state index is -0.228. The van der Waals surface area contributed by atoms with Crippen molar-refractivity contribution in [3.63, 3.8) is 0 Å². The summed E-state index contributed by atoms with van der Waals surface area (Å²) < 4.78 is 2.37. The van der Waals surface area contributed by atoms with Crippen molar-refractivity contribution in [2.45, 2.75) is 18.2 Å². The number of rotatable bonds is 9. The Bertz CT molecular complexity index is 1030. The van der Waals surface area contributed by atoms with Crippen molar-refractivity contribution in [1.82, 2.24) is 14.9 Å². The Balaban J connectivity index is 1.65. The number of anilines is 1. The fraction of sp³-hybridized carbons (Fsp3) is 0.200. The molecule has 0 aliphatic rings. The summed E-state index contributed by atoms with van der Waals surface area (Å²) in [5.41, 5.74) is 5.47. The summed E-state index contributed by atoms with van der Waals surface area (Å²) in [6.45, 7) is 7.92. The predicted molar refractivity (Wildman–Crippen MR) is 118 cm³/mol. The van der Waals surface area contributed by atoms with E-state index in [0.717, 1.165) is 10.0 Å². The topological polar surface area (TPSA) is 88.9 Å². The number of carbonyl (C=O) groups excluding carboxylic acids is 2. The third-order valence-electron chi connectivity index (χ3n) is 4.11. The van der Waals surface area contributed by atoms with E-state index < -0.39 is 0 Å². The summed E-state index contributed by atoms with van der Waals surface area (Å²) in [4.78, 5) is 25.2. The maximum Gasteiger partial charge on any atom is 0.270 e. The number of nitrogens with one attached hydrogen (secondary N) is 2. The van der Waals surface area contributed by atoms with Gasteiger partial charge in [0.15, 0.2) is 10.1 Å². The number of amides is 1. The molecule has 2 aromatic heterocycles. The monoisotopic (exact) mass is 427 g/mol. The van der Waals surface area contributed by atoms with Crippen LogP contribution in [0.2, 0.25) is 0 Å². The van der Waals surface area contributed by atoms with Gasteiger partial charge in [-0.1, -0.05) is 47.4 Å². The zero-order valence-corrected chi connectivity index (χ0v) is 17.8. The van der Waals surface area contributed by atoms with Crippen LogP contribution < -0.4 is 10.7 Å². The fourth-order valence-corrected chi connectivity index (χ4v) is 4.32. The van der Waals surface area contributed by atoms with Crippen LogP contribution >= 0.6 is 23.1 Å². The summed E-state index contributed by atoms with van der Waals surface area (Å²) in [7, 11) is 0. The van der Waals surface area contributed by atoms with Gasteiger partial charge in [0.25, 0.3) is 5.91 Å². The quantitative estimate of drug-likeness (QED) is 0.306. The molecular formula is C20H21N5O2S2. The maximum absolute atomic E-state index is 12.7. The van der Waals surface area contributed by atoms with E-state index in [4.69, 9.17) is 0 Å². The first-order chi connectivity index (χ1) is 14.0. The summed E-state index contributed by atoms with van der Waals surface area (Å²) in [6.07, 6.45) is 1.74. The number of hydrogen-bond donors (Lipinski definition) is 2. The molecule has 3 aromatic rings. The van der Waals surface area contributed by atoms with Crippen LogP contribution in [0.25, 0.3) is 0 Å². The average molecular weight is 428 g/mol. The van der Waals surface area contributed by atoms with Gasteiger partial charge in [0.2, 0.25) is 5.13 Å². The van der Waals surface area contributed by atoms with Crippen molar-refractivity contribution in [1.29, 1.82) is 0 Å². The molecule has 0 spiro atoms. The number of nitrogens with zero attached hydrogens (tertiary/aromatic N) is 3. The van der Waals surface area contributed by atoms with Gasteiger partial charge in [-0.2, -0.15) is 0 Å². The molecule has 7 nitrogen and oxygen atoms in total. The van der Waals surface area contributed by atoms with Crippen molar-refractivity contribution in [3.05, 3.63) is 71.6 Å². The lowest BCUT2D eigenvalue weighted by molar-refractivity contribution is 0.0999. The normalized spacial score (nSPS) is 10.6. The molecule has 0 aliphatic carbocycles. The van der Waals surface area contributed by atoms with Crippen LogP contribution in [0.1, 0.15) is 32.1 Å². The van der Waals surface area contributed by atoms with Gasteiger partial charge in [-0.3, -0.25) is 19.7 Å². The Morgan fingerprint density at radius 3 is 2.72 bits per heavy atom. The summed E-state index contributed by atoms with van der Waals surface area (Å²) in [5.74, 6) is -0.0131. The van der Waals surface area contributed by atoms with E-state index >= 15 is 0 Å². The van der Waals surface area contributed by atoms with E-state index in [0.29, 0.717) is 28.5 Å². The molecule has 9 heteroatoms. The number of carbonyl (C=O) groups is 2. The van der Waals surface area contributed by atoms with Gasteiger partial charge in [0.05, 0.1) is 5.75 Å². The molecule has 2 N–H and O–H groups in total. The van der Waals surface area contributed by atoms with Gasteiger partial charge in [0.1, 0.15) is 0 Å². The second kappa shape index (κ2) is 9.53. The second-order valence-corrected chi connectivity index (χ2v) is 8.38. The van der Waals surface area contributed by atoms with Crippen molar-refractivity contribution >= 4 is 39.9 Å². The molecule has 2 heterocycles. The molecule has 0 saturated carbocycles. The maximum atomic E-state index is 12.7. The van der Waals surface area contributed by atoms with Gasteiger partial charge < -0.3 is 5.32 Å². The third kappa shape index (κ3) is 5.12. The fourth-order valence-electron chi connectivity index (χ4n) is 2.68. The molecule has 29 heavy (non-hydrogen) atoms. The van der Waals surface area contributed by atoms with E-state index in [-0.39, 0.29) is 17.4 Å². The van der Waals surface area contributed by atoms with Crippen LogP contribution in [0.3, 0.4) is 0 Å². The lowest BCUT2D eigenvalue weighted by Crippen LogP contribution is -2.25. The largest absolute Gasteiger partial charge is 0.357 e. The lowest BCUT2D eigenvalue weighted by Gasteiger charge is -2.11. The van der Waals surface area contributed by atoms with Crippen LogP contribution in [0.4, 0.5) is 5.13 Å². The summed E-state index contributed by atoms with van der Waals surface area (Å²) >= 11 is 2.74. The first kappa shape index (κ1) is 20.8. The highest BCUT2D eigenvalue weighted by molar-refractivity contribution is 8.01. The van der Waals surface area contributed by atoms with Crippen LogP contribution in [-0.2, 0) is 0 Å². The Hall–Kier alpha value is -2.91. The molecule has 0 radical (unpaired) electrons. The zero-order valence-electron chi connectivity index (χ0n) is 16.1. The summed E-state index contributed by atoms with van der Waals surface area (Å²) in [6, 6.07) is 10.7. The zero-order chi connectivity index (χ0) is 20.8. The smallest absolute Gasteiger partial charge is 0.270 e. The van der Waals surface area contributed by atoms with Crippen LogP contribution in [-0.4, -0.2) is 38.9 Å². The Morgan fingerprint density at radius 1 is 1.24 bits per heavy atom. The molecule has 150 valence electrons. The van der Waals surface area contributed by atoms with E-state index in [2.05, 4.69) is 27.5 Å². The molecule has 0 aliphatic heterocycles. The number of Topliss-reactive ketones (excluding diaryl/α,β-unsaturated/α-hetero) is 1. The molecule has 1 amide bonds. The molecule has 0 fully saturated rings. The average Bonchev–Trinajstić information content (AvgIpc) is 3.30. The highest BCUT2D eigenvalue weighted by Gasteiger charge is 2.18. The van der Waals surface area contributed by atoms with E-state index in [9.17, 15) is 9.59 Å². The first-order valence-corrected chi connectivity index (χ1v) is 10.7. The first-order valence-electron chi connectivity index (χ1n) is 8.89. The van der Waals surface area contributed by atoms with Gasteiger partial charge in [-0.15, -0.1) is 16.8 Å². The van der Waals surface area contributed by atoms with Crippen molar-refractivity contribution < 1.29 is 9.59 Å². The van der Waals surface area contributed by atoms with Gasteiger partial charge in [-0.25, -0.2) is 0 Å². The number of ketones is 1. The molecular weight excluding hydrogens is 406 g/mol. The molecule has 3 rings (SSSR count). The highest BCUT2D eigenvalue weighted by atomic mass is 32.2. The number of hydrogen-bond acceptors (Lipinski definition) is 7. The molecule has 0 unspecified atom stereocenters. The van der Waals surface area contributed by atoms with Crippen LogP contribution in [0.5, 0.6) is 0 Å². The minimum absolute atomic E-state index is 0.0286. The number of benzene rings is 1. The van der Waals surface area contributed by atoms with Gasteiger partial charge in [-0.05, 0) is 32.0 Å². The van der Waals surface area contributed by atoms with Gasteiger partial charge >= 0.3 is 0 Å². The molecule has 0 saturated heterocycles. The predicted octanol–water partition coefficient (Wildman–Crippen LogP) is 3.91. The van der Waals surface area contributed by atoms with Crippen LogP contribution in [0, 0.1) is 13.8 Å². The molecule has 1 aromatic carbocycles. The number of aromatic nitrogens is 3. The SMILES string of the molecule is C=CCNc1nnc(SCC(=O)c2cc(C)n(NC(=O)c3ccccc3)c2C)s1. The second-order valence-electron chi connectivity index (χ2n) is 6.18. The highest BCUT2D eigenvalue weighted by Crippen LogP contribution is 2.26. The lowest BCUT2D eigenvalue weighted by atomic mass is 10.2. The minimum Gasteiger partial charge on any atom is -0.357 e. The Labute approximate surface area is 177 Å². The van der Waals surface area contributed by atoms with E-state index in [1.54, 1.807) is 29.0 Å². The van der Waals surface area contributed by atoms with Crippen molar-refractivity contribution in [3.8, 4) is 0 Å². The van der Waals surface area contributed by atoms with Crippen molar-refractivity contribution in [2.75, 3.05) is 23.0 Å². The molecule has 0 bridgehead atoms. The Kier molecular flexibility index (Phi) is 6.84. The van der Waals surface area contributed by atoms with E-state index in [1.165, 1.54) is 23.1 Å². The van der Waals surface area contributed by atoms with E-state index in [1.807, 2.05) is 32.0 Å². The van der Waals surface area contributed by atoms with Crippen molar-refractivity contribution in [2.24, 2.45) is 0 Å². The van der Waals surface area contributed by atoms with Crippen LogP contribution in [0.15, 0.2) is 53.4 Å². The summed E-state index contributed by atoms with van der Waals surface area (Å²) in [5, 5.41) is 11.9. The van der Waals surface area contributed by atoms with Gasteiger partial charge in [0, 0.05) is 29.1 Å². The third-order valence-corrected chi connectivity index (χ3v) is 6.13. The molecule has 0 atom stereocenters.